The van der Waals surface area contributed by atoms with Gasteiger partial charge in [-0.3, -0.25) is 4.79 Å². The summed E-state index contributed by atoms with van der Waals surface area (Å²) in [6.45, 7) is 1.75. The average molecular weight is 273 g/mol. The van der Waals surface area contributed by atoms with Crippen molar-refractivity contribution in [3.05, 3.63) is 17.2 Å². The van der Waals surface area contributed by atoms with Crippen LogP contribution in [0.5, 0.6) is 11.5 Å². The molecular formula is C12H17ClN2O3. The number of likely N-dealkylation sites (N-methyl/N-ethyl adjacent to an activating group) is 1. The number of carbonyl (C=O) groups is 1. The van der Waals surface area contributed by atoms with Crippen molar-refractivity contribution in [2.75, 3.05) is 26.6 Å². The Bertz CT molecular complexity index is 438. The molecule has 1 atom stereocenters. The van der Waals surface area contributed by atoms with E-state index in [1.807, 2.05) is 0 Å². The third-order valence-electron chi connectivity index (χ3n) is 2.49. The van der Waals surface area contributed by atoms with E-state index < -0.39 is 6.04 Å². The standard InChI is InChI=1S/C12H17ClN2O3/c1-7(12(16)14-2)15-9-5-8(13)10(17-3)6-11(9)18-4/h5-7,15H,1-4H3,(H,14,16). The average Bonchev–Trinajstić information content (AvgIpc) is 2.38. The number of halogens is 1. The summed E-state index contributed by atoms with van der Waals surface area (Å²) in [7, 11) is 4.65. The van der Waals surface area contributed by atoms with Crippen LogP contribution in [0.2, 0.25) is 5.02 Å². The van der Waals surface area contributed by atoms with E-state index in [1.165, 1.54) is 7.11 Å². The number of ether oxygens (including phenoxy) is 2. The smallest absolute Gasteiger partial charge is 0.241 e. The minimum absolute atomic E-state index is 0.121. The summed E-state index contributed by atoms with van der Waals surface area (Å²) in [6.07, 6.45) is 0. The Balaban J connectivity index is 3.01. The van der Waals surface area contributed by atoms with Crippen LogP contribution < -0.4 is 20.1 Å². The second-order valence-corrected chi connectivity index (χ2v) is 4.07. The Labute approximate surface area is 111 Å². The molecule has 18 heavy (non-hydrogen) atoms. The zero-order valence-electron chi connectivity index (χ0n) is 10.8. The molecular weight excluding hydrogens is 256 g/mol. The van der Waals surface area contributed by atoms with E-state index in [2.05, 4.69) is 10.6 Å². The van der Waals surface area contributed by atoms with Gasteiger partial charge in [0.2, 0.25) is 5.91 Å². The fourth-order valence-electron chi connectivity index (χ4n) is 1.49. The molecule has 0 aliphatic heterocycles. The highest BCUT2D eigenvalue weighted by Crippen LogP contribution is 2.36. The van der Waals surface area contributed by atoms with E-state index >= 15 is 0 Å². The fourth-order valence-corrected chi connectivity index (χ4v) is 1.73. The highest BCUT2D eigenvalue weighted by Gasteiger charge is 2.15. The second kappa shape index (κ2) is 6.35. The minimum atomic E-state index is -0.395. The third kappa shape index (κ3) is 3.20. The van der Waals surface area contributed by atoms with Crippen molar-refractivity contribution in [3.63, 3.8) is 0 Å². The van der Waals surface area contributed by atoms with Gasteiger partial charge in [-0.25, -0.2) is 0 Å². The number of anilines is 1. The molecule has 1 aromatic rings. The molecule has 0 fully saturated rings. The first-order chi connectivity index (χ1) is 8.53. The quantitative estimate of drug-likeness (QED) is 0.860. The minimum Gasteiger partial charge on any atom is -0.495 e. The SMILES string of the molecule is CNC(=O)C(C)Nc1cc(Cl)c(OC)cc1OC. The van der Waals surface area contributed by atoms with E-state index in [0.717, 1.165) is 0 Å². The van der Waals surface area contributed by atoms with Crippen LogP contribution in [-0.2, 0) is 4.79 Å². The molecule has 0 radical (unpaired) electrons. The van der Waals surface area contributed by atoms with Crippen LogP contribution in [0.15, 0.2) is 12.1 Å². The normalized spacial score (nSPS) is 11.6. The summed E-state index contributed by atoms with van der Waals surface area (Å²) in [4.78, 5) is 11.5. The zero-order valence-corrected chi connectivity index (χ0v) is 11.6. The van der Waals surface area contributed by atoms with Crippen LogP contribution in [0, 0.1) is 0 Å². The monoisotopic (exact) mass is 272 g/mol. The lowest BCUT2D eigenvalue weighted by atomic mass is 10.2. The lowest BCUT2D eigenvalue weighted by molar-refractivity contribution is -0.121. The summed E-state index contributed by atoms with van der Waals surface area (Å²) in [5, 5.41) is 6.04. The predicted octanol–water partition coefficient (Wildman–Crippen LogP) is 1.90. The molecule has 0 heterocycles. The Kier molecular flexibility index (Phi) is 5.09. The number of carbonyl (C=O) groups excluding carboxylic acids is 1. The Morgan fingerprint density at radius 1 is 1.28 bits per heavy atom. The molecule has 1 amide bonds. The molecule has 1 unspecified atom stereocenters. The van der Waals surface area contributed by atoms with Crippen LogP contribution in [0.1, 0.15) is 6.92 Å². The van der Waals surface area contributed by atoms with Gasteiger partial charge in [0.15, 0.2) is 0 Å². The Hall–Kier alpha value is -1.62. The van der Waals surface area contributed by atoms with Gasteiger partial charge in [0.1, 0.15) is 17.5 Å². The first kappa shape index (κ1) is 14.4. The topological polar surface area (TPSA) is 59.6 Å². The fraction of sp³-hybridized carbons (Fsp3) is 0.417. The van der Waals surface area contributed by atoms with Gasteiger partial charge in [0.25, 0.3) is 0 Å². The molecule has 0 saturated heterocycles. The lowest BCUT2D eigenvalue weighted by Gasteiger charge is -2.17. The number of rotatable bonds is 5. The number of hydrogen-bond acceptors (Lipinski definition) is 4. The van der Waals surface area contributed by atoms with Gasteiger partial charge in [0.05, 0.1) is 24.9 Å². The van der Waals surface area contributed by atoms with Crippen molar-refractivity contribution in [1.29, 1.82) is 0 Å². The van der Waals surface area contributed by atoms with E-state index in [-0.39, 0.29) is 5.91 Å². The van der Waals surface area contributed by atoms with Gasteiger partial charge in [0, 0.05) is 13.1 Å². The van der Waals surface area contributed by atoms with Crippen LogP contribution in [-0.4, -0.2) is 33.2 Å². The summed E-state index contributed by atoms with van der Waals surface area (Å²) >= 11 is 6.03. The van der Waals surface area contributed by atoms with Crippen LogP contribution in [0.4, 0.5) is 5.69 Å². The molecule has 1 rings (SSSR count). The molecule has 2 N–H and O–H groups in total. The molecule has 5 nitrogen and oxygen atoms in total. The molecule has 0 bridgehead atoms. The number of methoxy groups -OCH3 is 2. The Morgan fingerprint density at radius 3 is 2.39 bits per heavy atom. The van der Waals surface area contributed by atoms with E-state index in [9.17, 15) is 4.79 Å². The lowest BCUT2D eigenvalue weighted by Crippen LogP contribution is -2.35. The molecule has 6 heteroatoms. The van der Waals surface area contributed by atoms with Crippen molar-refractivity contribution in [2.24, 2.45) is 0 Å². The van der Waals surface area contributed by atoms with Crippen molar-refractivity contribution in [3.8, 4) is 11.5 Å². The molecule has 0 aliphatic rings. The molecule has 0 aromatic heterocycles. The predicted molar refractivity (Wildman–Crippen MR) is 71.7 cm³/mol. The maximum absolute atomic E-state index is 11.5. The van der Waals surface area contributed by atoms with Crippen molar-refractivity contribution in [1.82, 2.24) is 5.32 Å². The Morgan fingerprint density at radius 2 is 1.89 bits per heavy atom. The second-order valence-electron chi connectivity index (χ2n) is 3.67. The highest BCUT2D eigenvalue weighted by molar-refractivity contribution is 6.32. The van der Waals surface area contributed by atoms with E-state index in [1.54, 1.807) is 33.2 Å². The maximum atomic E-state index is 11.5. The van der Waals surface area contributed by atoms with Crippen LogP contribution in [0.3, 0.4) is 0 Å². The van der Waals surface area contributed by atoms with Crippen molar-refractivity contribution < 1.29 is 14.3 Å². The van der Waals surface area contributed by atoms with Gasteiger partial charge >= 0.3 is 0 Å². The van der Waals surface area contributed by atoms with E-state index in [4.69, 9.17) is 21.1 Å². The number of benzene rings is 1. The van der Waals surface area contributed by atoms with Gasteiger partial charge < -0.3 is 20.1 Å². The van der Waals surface area contributed by atoms with Crippen molar-refractivity contribution in [2.45, 2.75) is 13.0 Å². The van der Waals surface area contributed by atoms with E-state index in [0.29, 0.717) is 22.2 Å². The largest absolute Gasteiger partial charge is 0.495 e. The summed E-state index contributed by atoms with van der Waals surface area (Å²) in [5.74, 6) is 0.961. The number of hydrogen-bond donors (Lipinski definition) is 2. The van der Waals surface area contributed by atoms with Crippen molar-refractivity contribution >= 4 is 23.2 Å². The summed E-state index contributed by atoms with van der Waals surface area (Å²) in [5.41, 5.74) is 0.638. The zero-order chi connectivity index (χ0) is 13.7. The molecule has 0 saturated carbocycles. The van der Waals surface area contributed by atoms with Gasteiger partial charge in [-0.15, -0.1) is 0 Å². The molecule has 100 valence electrons. The van der Waals surface area contributed by atoms with Crippen LogP contribution in [0.25, 0.3) is 0 Å². The summed E-state index contributed by atoms with van der Waals surface area (Å²) < 4.78 is 10.3. The van der Waals surface area contributed by atoms with Gasteiger partial charge in [-0.1, -0.05) is 11.6 Å². The first-order valence-corrected chi connectivity index (χ1v) is 5.81. The number of nitrogens with one attached hydrogen (secondary N) is 2. The molecule has 0 aliphatic carbocycles. The van der Waals surface area contributed by atoms with Crippen LogP contribution >= 0.6 is 11.6 Å². The highest BCUT2D eigenvalue weighted by atomic mass is 35.5. The maximum Gasteiger partial charge on any atom is 0.241 e. The van der Waals surface area contributed by atoms with Gasteiger partial charge in [-0.2, -0.15) is 0 Å². The summed E-state index contributed by atoms with van der Waals surface area (Å²) in [6, 6.07) is 2.94. The first-order valence-electron chi connectivity index (χ1n) is 5.43. The molecule has 0 spiro atoms. The third-order valence-corrected chi connectivity index (χ3v) is 2.78. The molecule has 1 aromatic carbocycles. The number of amides is 1. The van der Waals surface area contributed by atoms with Gasteiger partial charge in [-0.05, 0) is 13.0 Å².